The molecule has 0 aromatic carbocycles. The number of rotatable bonds is 2. The first kappa shape index (κ1) is 10.4. The number of carbonyl (C=O) groups is 2. The summed E-state index contributed by atoms with van der Waals surface area (Å²) in [4.78, 5) is 22.9. The summed E-state index contributed by atoms with van der Waals surface area (Å²) in [5.41, 5.74) is -0.0251. The van der Waals surface area contributed by atoms with Gasteiger partial charge in [0.15, 0.2) is 0 Å². The maximum Gasteiger partial charge on any atom is 0.144 e. The number of ketones is 2. The second-order valence-electron chi connectivity index (χ2n) is 4.72. The van der Waals surface area contributed by atoms with Crippen LogP contribution in [0.2, 0.25) is 0 Å². The average molecular weight is 182 g/mol. The van der Waals surface area contributed by atoms with Crippen molar-refractivity contribution in [1.82, 2.24) is 0 Å². The monoisotopic (exact) mass is 182 g/mol. The molecule has 2 unspecified atom stereocenters. The van der Waals surface area contributed by atoms with Gasteiger partial charge < -0.3 is 0 Å². The van der Waals surface area contributed by atoms with Gasteiger partial charge in [-0.05, 0) is 5.41 Å². The highest BCUT2D eigenvalue weighted by atomic mass is 16.2. The van der Waals surface area contributed by atoms with Gasteiger partial charge in [-0.1, -0.05) is 34.1 Å². The molecule has 2 heteroatoms. The van der Waals surface area contributed by atoms with E-state index in [0.29, 0.717) is 0 Å². The van der Waals surface area contributed by atoms with Gasteiger partial charge in [0.05, 0.1) is 6.42 Å². The van der Waals surface area contributed by atoms with E-state index >= 15 is 0 Å². The van der Waals surface area contributed by atoms with Gasteiger partial charge in [-0.2, -0.15) is 0 Å². The van der Waals surface area contributed by atoms with Crippen LogP contribution >= 0.6 is 0 Å². The number of hydrogen-bond donors (Lipinski definition) is 0. The molecule has 1 aliphatic rings. The normalized spacial score (nSPS) is 29.8. The Bertz CT molecular complexity index is 240. The predicted octanol–water partition coefficient (Wildman–Crippen LogP) is 2.22. The molecule has 0 aliphatic heterocycles. The van der Waals surface area contributed by atoms with E-state index in [9.17, 15) is 9.59 Å². The molecule has 13 heavy (non-hydrogen) atoms. The van der Waals surface area contributed by atoms with Crippen molar-refractivity contribution in [2.75, 3.05) is 0 Å². The molecule has 1 saturated carbocycles. The van der Waals surface area contributed by atoms with Crippen LogP contribution in [0.3, 0.4) is 0 Å². The van der Waals surface area contributed by atoms with Crippen LogP contribution in [-0.4, -0.2) is 11.6 Å². The van der Waals surface area contributed by atoms with Gasteiger partial charge in [0.1, 0.15) is 11.6 Å². The Balaban J connectivity index is 2.92. The van der Waals surface area contributed by atoms with E-state index in [1.54, 1.807) is 0 Å². The molecule has 1 aliphatic carbocycles. The Morgan fingerprint density at radius 1 is 1.31 bits per heavy atom. The summed E-state index contributed by atoms with van der Waals surface area (Å²) < 4.78 is 0. The molecule has 0 aromatic rings. The topological polar surface area (TPSA) is 34.1 Å². The number of carbonyl (C=O) groups excluding carboxylic acids is 2. The van der Waals surface area contributed by atoms with Gasteiger partial charge in [-0.15, -0.1) is 0 Å². The Hall–Kier alpha value is -0.660. The summed E-state index contributed by atoms with van der Waals surface area (Å²) >= 11 is 0. The highest BCUT2D eigenvalue weighted by Crippen LogP contribution is 2.41. The van der Waals surface area contributed by atoms with Crippen LogP contribution in [0, 0.1) is 17.3 Å². The summed E-state index contributed by atoms with van der Waals surface area (Å²) in [5, 5.41) is 0. The van der Waals surface area contributed by atoms with Crippen molar-refractivity contribution < 1.29 is 9.59 Å². The Morgan fingerprint density at radius 3 is 2.15 bits per heavy atom. The lowest BCUT2D eigenvalue weighted by molar-refractivity contribution is -0.124. The third-order valence-corrected chi connectivity index (χ3v) is 3.46. The van der Waals surface area contributed by atoms with E-state index in [-0.39, 0.29) is 35.2 Å². The van der Waals surface area contributed by atoms with Crippen molar-refractivity contribution in [1.29, 1.82) is 0 Å². The second-order valence-corrected chi connectivity index (χ2v) is 4.72. The van der Waals surface area contributed by atoms with Crippen LogP contribution in [0.5, 0.6) is 0 Å². The van der Waals surface area contributed by atoms with Crippen molar-refractivity contribution in [3.63, 3.8) is 0 Å². The molecule has 0 N–H and O–H groups in total. The number of Topliss-reactive ketones (excluding diaryl/α,β-unsaturated/α-hetero) is 2. The lowest BCUT2D eigenvalue weighted by atomic mass is 9.72. The second kappa shape index (κ2) is 3.24. The van der Waals surface area contributed by atoms with E-state index in [1.807, 2.05) is 6.92 Å². The first-order chi connectivity index (χ1) is 5.90. The Labute approximate surface area is 79.7 Å². The molecule has 74 valence electrons. The third-order valence-electron chi connectivity index (χ3n) is 3.46. The van der Waals surface area contributed by atoms with Crippen molar-refractivity contribution in [3.8, 4) is 0 Å². The van der Waals surface area contributed by atoms with Crippen LogP contribution in [0.4, 0.5) is 0 Å². The zero-order chi connectivity index (χ0) is 10.2. The lowest BCUT2D eigenvalue weighted by Crippen LogP contribution is -2.31. The van der Waals surface area contributed by atoms with E-state index in [1.165, 1.54) is 0 Å². The fourth-order valence-corrected chi connectivity index (χ4v) is 2.24. The molecule has 0 saturated heterocycles. The van der Waals surface area contributed by atoms with Crippen LogP contribution < -0.4 is 0 Å². The molecule has 2 atom stereocenters. The molecule has 1 fully saturated rings. The summed E-state index contributed by atoms with van der Waals surface area (Å²) in [6, 6.07) is 0. The Morgan fingerprint density at radius 2 is 1.85 bits per heavy atom. The molecule has 0 amide bonds. The molecule has 2 nitrogen and oxygen atoms in total. The molecular weight excluding hydrogens is 164 g/mol. The van der Waals surface area contributed by atoms with Crippen LogP contribution in [0.1, 0.15) is 40.5 Å². The predicted molar refractivity (Wildman–Crippen MR) is 51.4 cm³/mol. The van der Waals surface area contributed by atoms with Gasteiger partial charge in [0.25, 0.3) is 0 Å². The quantitative estimate of drug-likeness (QED) is 0.614. The number of hydrogen-bond acceptors (Lipinski definition) is 2. The molecule has 0 radical (unpaired) electrons. The molecule has 1 rings (SSSR count). The SMILES string of the molecule is CCC(C)(C)C1C(=O)CC(=O)C1C. The largest absolute Gasteiger partial charge is 0.299 e. The van der Waals surface area contributed by atoms with Gasteiger partial charge in [-0.25, -0.2) is 0 Å². The first-order valence-corrected chi connectivity index (χ1v) is 4.95. The summed E-state index contributed by atoms with van der Waals surface area (Å²) in [6.07, 6.45) is 1.11. The Kier molecular flexibility index (Phi) is 2.60. The van der Waals surface area contributed by atoms with Crippen molar-refractivity contribution in [2.24, 2.45) is 17.3 Å². The minimum atomic E-state index is -0.0672. The smallest absolute Gasteiger partial charge is 0.144 e. The van der Waals surface area contributed by atoms with Crippen molar-refractivity contribution in [2.45, 2.75) is 40.5 Å². The fraction of sp³-hybridized carbons (Fsp3) is 0.818. The highest BCUT2D eigenvalue weighted by Gasteiger charge is 2.45. The van der Waals surface area contributed by atoms with Gasteiger partial charge in [0, 0.05) is 11.8 Å². The first-order valence-electron chi connectivity index (χ1n) is 4.95. The van der Waals surface area contributed by atoms with Crippen LogP contribution in [0.25, 0.3) is 0 Å². The average Bonchev–Trinajstić information content (AvgIpc) is 2.27. The molecule has 0 aromatic heterocycles. The van der Waals surface area contributed by atoms with E-state index in [4.69, 9.17) is 0 Å². The molecule has 0 spiro atoms. The van der Waals surface area contributed by atoms with Crippen molar-refractivity contribution in [3.05, 3.63) is 0 Å². The fourth-order valence-electron chi connectivity index (χ4n) is 2.24. The maximum absolute atomic E-state index is 11.6. The molecule has 0 heterocycles. The van der Waals surface area contributed by atoms with E-state index < -0.39 is 0 Å². The van der Waals surface area contributed by atoms with Gasteiger partial charge in [0.2, 0.25) is 0 Å². The zero-order valence-corrected chi connectivity index (χ0v) is 8.89. The van der Waals surface area contributed by atoms with Crippen LogP contribution in [-0.2, 0) is 9.59 Å². The molecular formula is C11H18O2. The van der Waals surface area contributed by atoms with Crippen LogP contribution in [0.15, 0.2) is 0 Å². The summed E-state index contributed by atoms with van der Waals surface area (Å²) in [5.74, 6) is 0.147. The molecule has 0 bridgehead atoms. The maximum atomic E-state index is 11.6. The summed E-state index contributed by atoms with van der Waals surface area (Å²) in [6.45, 7) is 8.10. The zero-order valence-electron chi connectivity index (χ0n) is 8.89. The van der Waals surface area contributed by atoms with Crippen molar-refractivity contribution >= 4 is 11.6 Å². The highest BCUT2D eigenvalue weighted by molar-refractivity contribution is 6.08. The minimum absolute atomic E-state index is 0.0251. The van der Waals surface area contributed by atoms with E-state index in [2.05, 4.69) is 20.8 Å². The third kappa shape index (κ3) is 1.67. The minimum Gasteiger partial charge on any atom is -0.299 e. The standard InChI is InChI=1S/C11H18O2/c1-5-11(3,4)10-7(2)8(12)6-9(10)13/h7,10H,5-6H2,1-4H3. The summed E-state index contributed by atoms with van der Waals surface area (Å²) in [7, 11) is 0. The lowest BCUT2D eigenvalue weighted by Gasteiger charge is -2.31. The van der Waals surface area contributed by atoms with Gasteiger partial charge >= 0.3 is 0 Å². The van der Waals surface area contributed by atoms with E-state index in [0.717, 1.165) is 6.42 Å². The van der Waals surface area contributed by atoms with Gasteiger partial charge in [-0.3, -0.25) is 9.59 Å².